The van der Waals surface area contributed by atoms with Gasteiger partial charge >= 0.3 is 0 Å². The minimum atomic E-state index is 0.0952. The van der Waals surface area contributed by atoms with Crippen molar-refractivity contribution in [3.8, 4) is 33.4 Å². The lowest BCUT2D eigenvalue weighted by Gasteiger charge is -2.55. The molecule has 0 radical (unpaired) electrons. The standard InChI is InChI=1S/C56H51N/c1-2-37-32-42-17-12-18-43(33-37)56(42)50-23-8-6-21-48(50)54-51(56)24-13-25-53(54)57(44-19-11-16-40(35-44)41-27-26-38-14-3-4-15-39(38)34-41)45-28-29-47-46-20-5-7-22-49(46)55(52(47)36-45)30-9-10-31-55/h3-8,11,13-16,19-29,34-37,42-43H,2,9-10,12,17-18,30-33H2,1H3. The molecule has 1 heteroatoms. The number of fused-ring (bicyclic) bond motifs is 9. The van der Waals surface area contributed by atoms with Crippen LogP contribution in [0.1, 0.15) is 93.4 Å². The molecule has 2 spiro atoms. The van der Waals surface area contributed by atoms with E-state index < -0.39 is 0 Å². The van der Waals surface area contributed by atoms with Crippen LogP contribution in [0.25, 0.3) is 44.2 Å². The summed E-state index contributed by atoms with van der Waals surface area (Å²) in [6.45, 7) is 2.43. The number of benzene rings is 7. The number of rotatable bonds is 5. The van der Waals surface area contributed by atoms with Gasteiger partial charge in [-0.05, 0) is 154 Å². The van der Waals surface area contributed by atoms with E-state index in [1.165, 1.54) is 131 Å². The maximum absolute atomic E-state index is 2.65. The quantitative estimate of drug-likeness (QED) is 0.170. The van der Waals surface area contributed by atoms with Crippen molar-refractivity contribution in [3.63, 3.8) is 0 Å². The molecular formula is C56H51N. The molecule has 280 valence electrons. The van der Waals surface area contributed by atoms with E-state index in [0.29, 0.717) is 11.8 Å². The number of anilines is 3. The molecular weight excluding hydrogens is 687 g/mol. The van der Waals surface area contributed by atoms with Gasteiger partial charge in [0, 0.05) is 27.8 Å². The molecule has 3 saturated carbocycles. The predicted molar refractivity (Wildman–Crippen MR) is 239 cm³/mol. The second-order valence-corrected chi connectivity index (χ2v) is 18.2. The summed E-state index contributed by atoms with van der Waals surface area (Å²) in [5.41, 5.74) is 18.6. The third kappa shape index (κ3) is 4.75. The molecule has 57 heavy (non-hydrogen) atoms. The number of nitrogens with zero attached hydrogens (tertiary/aromatic N) is 1. The molecule has 1 nitrogen and oxygen atoms in total. The highest BCUT2D eigenvalue weighted by molar-refractivity contribution is 5.97. The second kappa shape index (κ2) is 12.8. The highest BCUT2D eigenvalue weighted by Crippen LogP contribution is 2.67. The van der Waals surface area contributed by atoms with E-state index in [4.69, 9.17) is 0 Å². The summed E-state index contributed by atoms with van der Waals surface area (Å²) in [7, 11) is 0. The van der Waals surface area contributed by atoms with Crippen molar-refractivity contribution < 1.29 is 0 Å². The lowest BCUT2D eigenvalue weighted by molar-refractivity contribution is 0.0492. The first-order valence-electron chi connectivity index (χ1n) is 22.0. The summed E-state index contributed by atoms with van der Waals surface area (Å²) in [6.07, 6.45) is 13.1. The van der Waals surface area contributed by atoms with Crippen LogP contribution in [0.3, 0.4) is 0 Å². The van der Waals surface area contributed by atoms with Crippen LogP contribution < -0.4 is 4.90 Å². The van der Waals surface area contributed by atoms with Crippen LogP contribution in [-0.4, -0.2) is 0 Å². The molecule has 2 bridgehead atoms. The van der Waals surface area contributed by atoms with Crippen molar-refractivity contribution in [1.82, 2.24) is 0 Å². The van der Waals surface area contributed by atoms with Crippen LogP contribution in [0, 0.1) is 17.8 Å². The molecule has 0 aromatic heterocycles. The third-order valence-electron chi connectivity index (χ3n) is 15.7. The van der Waals surface area contributed by atoms with Crippen molar-refractivity contribution in [2.75, 3.05) is 4.90 Å². The van der Waals surface area contributed by atoms with Gasteiger partial charge in [-0.3, -0.25) is 0 Å². The minimum absolute atomic E-state index is 0.0952. The van der Waals surface area contributed by atoms with E-state index in [0.717, 1.165) is 5.92 Å². The summed E-state index contributed by atoms with van der Waals surface area (Å²) < 4.78 is 0. The Bertz CT molecular complexity index is 2700. The van der Waals surface area contributed by atoms with Gasteiger partial charge in [0.25, 0.3) is 0 Å². The minimum Gasteiger partial charge on any atom is -0.310 e. The molecule has 0 N–H and O–H groups in total. The number of hydrogen-bond donors (Lipinski definition) is 0. The van der Waals surface area contributed by atoms with Crippen molar-refractivity contribution in [1.29, 1.82) is 0 Å². The molecule has 2 atom stereocenters. The van der Waals surface area contributed by atoms with E-state index in [1.54, 1.807) is 16.7 Å². The fraction of sp³-hybridized carbons (Fsp3) is 0.286. The molecule has 5 aliphatic rings. The van der Waals surface area contributed by atoms with Gasteiger partial charge in [0.1, 0.15) is 0 Å². The Hall–Kier alpha value is -5.40. The van der Waals surface area contributed by atoms with Crippen LogP contribution in [0.4, 0.5) is 17.1 Å². The largest absolute Gasteiger partial charge is 0.310 e. The van der Waals surface area contributed by atoms with E-state index in [2.05, 4.69) is 163 Å². The second-order valence-electron chi connectivity index (χ2n) is 18.2. The fourth-order valence-electron chi connectivity index (χ4n) is 13.4. The molecule has 0 saturated heterocycles. The maximum atomic E-state index is 2.65. The Labute approximate surface area is 338 Å². The molecule has 5 aliphatic carbocycles. The maximum Gasteiger partial charge on any atom is 0.0543 e. The molecule has 0 amide bonds. The molecule has 3 fully saturated rings. The first-order chi connectivity index (χ1) is 28.2. The van der Waals surface area contributed by atoms with Gasteiger partial charge in [0.2, 0.25) is 0 Å². The summed E-state index contributed by atoms with van der Waals surface area (Å²) in [6, 6.07) is 58.9. The Morgan fingerprint density at radius 1 is 0.509 bits per heavy atom. The monoisotopic (exact) mass is 737 g/mol. The Morgan fingerprint density at radius 2 is 1.18 bits per heavy atom. The summed E-state index contributed by atoms with van der Waals surface area (Å²) in [5.74, 6) is 2.23. The van der Waals surface area contributed by atoms with Gasteiger partial charge in [0.05, 0.1) is 5.69 Å². The van der Waals surface area contributed by atoms with Crippen molar-refractivity contribution in [2.45, 2.75) is 82.0 Å². The van der Waals surface area contributed by atoms with E-state index in [9.17, 15) is 0 Å². The van der Waals surface area contributed by atoms with Gasteiger partial charge in [0.15, 0.2) is 0 Å². The average Bonchev–Trinajstić information content (AvgIpc) is 3.94. The van der Waals surface area contributed by atoms with Crippen LogP contribution >= 0.6 is 0 Å². The van der Waals surface area contributed by atoms with Crippen LogP contribution in [0.2, 0.25) is 0 Å². The van der Waals surface area contributed by atoms with Gasteiger partial charge in [-0.1, -0.05) is 148 Å². The zero-order valence-electron chi connectivity index (χ0n) is 33.2. The van der Waals surface area contributed by atoms with Crippen LogP contribution in [-0.2, 0) is 10.8 Å². The molecule has 2 unspecified atom stereocenters. The Kier molecular flexibility index (Phi) is 7.57. The Balaban J connectivity index is 1.10. The van der Waals surface area contributed by atoms with Crippen LogP contribution in [0.5, 0.6) is 0 Å². The van der Waals surface area contributed by atoms with Gasteiger partial charge in [-0.15, -0.1) is 0 Å². The smallest absolute Gasteiger partial charge is 0.0543 e. The van der Waals surface area contributed by atoms with Gasteiger partial charge in [-0.25, -0.2) is 0 Å². The zero-order valence-corrected chi connectivity index (χ0v) is 33.2. The summed E-state index contributed by atoms with van der Waals surface area (Å²) in [4.78, 5) is 2.65. The normalized spacial score (nSPS) is 23.4. The van der Waals surface area contributed by atoms with E-state index in [-0.39, 0.29) is 10.8 Å². The molecule has 12 rings (SSSR count). The molecule has 7 aromatic rings. The van der Waals surface area contributed by atoms with Crippen LogP contribution in [0.15, 0.2) is 152 Å². The highest BCUT2D eigenvalue weighted by Gasteiger charge is 2.58. The summed E-state index contributed by atoms with van der Waals surface area (Å²) >= 11 is 0. The Morgan fingerprint density at radius 3 is 2.00 bits per heavy atom. The van der Waals surface area contributed by atoms with E-state index in [1.807, 2.05) is 0 Å². The van der Waals surface area contributed by atoms with Crippen molar-refractivity contribution in [3.05, 3.63) is 174 Å². The topological polar surface area (TPSA) is 3.24 Å². The summed E-state index contributed by atoms with van der Waals surface area (Å²) in [5, 5.41) is 2.56. The first kappa shape index (κ1) is 33.7. The van der Waals surface area contributed by atoms with Gasteiger partial charge < -0.3 is 4.90 Å². The van der Waals surface area contributed by atoms with E-state index >= 15 is 0 Å². The van der Waals surface area contributed by atoms with Gasteiger partial charge in [-0.2, -0.15) is 0 Å². The lowest BCUT2D eigenvalue weighted by Crippen LogP contribution is -2.49. The molecule has 7 aromatic carbocycles. The van der Waals surface area contributed by atoms with Crippen molar-refractivity contribution in [2.24, 2.45) is 17.8 Å². The highest BCUT2D eigenvalue weighted by atomic mass is 15.1. The third-order valence-corrected chi connectivity index (χ3v) is 15.7. The molecule has 0 heterocycles. The SMILES string of the molecule is CCC1CC2CCCC(C1)C21c2ccccc2-c2c(N(c3cccc(-c4ccc5ccccc5c4)c3)c3ccc4c(c3)C3(CCCC3)c3ccccc3-4)cccc21. The molecule has 0 aliphatic heterocycles. The zero-order chi connectivity index (χ0) is 37.7. The van der Waals surface area contributed by atoms with Crippen molar-refractivity contribution >= 4 is 27.8 Å². The first-order valence-corrected chi connectivity index (χ1v) is 22.0. The average molecular weight is 738 g/mol. The fourth-order valence-corrected chi connectivity index (χ4v) is 13.4. The lowest BCUT2D eigenvalue weighted by atomic mass is 9.49. The number of hydrogen-bond acceptors (Lipinski definition) is 1. The predicted octanol–water partition coefficient (Wildman–Crippen LogP) is 15.3.